The van der Waals surface area contributed by atoms with Crippen molar-refractivity contribution in [3.63, 3.8) is 0 Å². The summed E-state index contributed by atoms with van der Waals surface area (Å²) >= 11 is 0. The first-order chi connectivity index (χ1) is 4.84. The van der Waals surface area contributed by atoms with Crippen LogP contribution in [0.2, 0.25) is 0 Å². The summed E-state index contributed by atoms with van der Waals surface area (Å²) in [6, 6.07) is 0. The van der Waals surface area contributed by atoms with Gasteiger partial charge in [0.1, 0.15) is 0 Å². The van der Waals surface area contributed by atoms with Gasteiger partial charge in [-0.15, -0.1) is 0 Å². The zero-order valence-corrected chi connectivity index (χ0v) is 6.93. The Balaban J connectivity index is 1.87. The van der Waals surface area contributed by atoms with E-state index in [0.29, 0.717) is 0 Å². The molecule has 0 aliphatic heterocycles. The van der Waals surface area contributed by atoms with E-state index in [0.717, 1.165) is 18.4 Å². The van der Waals surface area contributed by atoms with E-state index in [1.54, 1.807) is 0 Å². The Labute approximate surface area is 63.5 Å². The molecule has 2 atom stereocenters. The molecule has 0 spiro atoms. The lowest BCUT2D eigenvalue weighted by molar-refractivity contribution is 0.647. The third-order valence-corrected chi connectivity index (χ3v) is 2.18. The van der Waals surface area contributed by atoms with E-state index in [1.165, 1.54) is 13.0 Å². The van der Waals surface area contributed by atoms with Crippen LogP contribution in [0.1, 0.15) is 20.3 Å². The normalized spacial score (nSPS) is 31.4. The molecule has 0 aromatic rings. The van der Waals surface area contributed by atoms with Gasteiger partial charge in [-0.1, -0.05) is 19.1 Å². The van der Waals surface area contributed by atoms with E-state index in [9.17, 15) is 0 Å². The third-order valence-electron chi connectivity index (χ3n) is 2.18. The average molecular weight is 139 g/mol. The molecule has 1 rings (SSSR count). The highest BCUT2D eigenvalue weighted by Gasteiger charge is 2.31. The summed E-state index contributed by atoms with van der Waals surface area (Å²) in [7, 11) is 0. The lowest BCUT2D eigenvalue weighted by atomic mass is 10.3. The van der Waals surface area contributed by atoms with Gasteiger partial charge in [-0.25, -0.2) is 0 Å². The van der Waals surface area contributed by atoms with Gasteiger partial charge in [-0.05, 0) is 31.7 Å². The second-order valence-corrected chi connectivity index (χ2v) is 3.20. The molecule has 58 valence electrons. The fraction of sp³-hybridized carbons (Fsp3) is 0.778. The van der Waals surface area contributed by atoms with Crippen molar-refractivity contribution in [2.45, 2.75) is 20.3 Å². The molecule has 1 aliphatic carbocycles. The van der Waals surface area contributed by atoms with E-state index in [-0.39, 0.29) is 0 Å². The molecule has 1 heteroatoms. The molecule has 0 radical (unpaired) electrons. The summed E-state index contributed by atoms with van der Waals surface area (Å²) in [5.41, 5.74) is 0. The lowest BCUT2D eigenvalue weighted by Crippen LogP contribution is -2.16. The molecule has 1 N–H and O–H groups in total. The van der Waals surface area contributed by atoms with Gasteiger partial charge in [0, 0.05) is 6.54 Å². The molecule has 0 amide bonds. The van der Waals surface area contributed by atoms with Crippen LogP contribution in [0.15, 0.2) is 12.2 Å². The van der Waals surface area contributed by atoms with Crippen LogP contribution in [-0.2, 0) is 0 Å². The number of hydrogen-bond acceptors (Lipinski definition) is 1. The molecule has 2 unspecified atom stereocenters. The summed E-state index contributed by atoms with van der Waals surface area (Å²) in [6.45, 7) is 6.63. The molecular formula is C9H17N. The van der Waals surface area contributed by atoms with Gasteiger partial charge in [0.25, 0.3) is 0 Å². The van der Waals surface area contributed by atoms with Crippen molar-refractivity contribution in [3.05, 3.63) is 12.2 Å². The van der Waals surface area contributed by atoms with Crippen molar-refractivity contribution in [1.82, 2.24) is 5.32 Å². The third kappa shape index (κ3) is 2.53. The molecule has 0 bridgehead atoms. The number of nitrogens with one attached hydrogen (secondary N) is 1. The van der Waals surface area contributed by atoms with Crippen molar-refractivity contribution in [1.29, 1.82) is 0 Å². The fourth-order valence-electron chi connectivity index (χ4n) is 1.15. The Morgan fingerprint density at radius 2 is 2.30 bits per heavy atom. The molecule has 1 saturated carbocycles. The first-order valence-corrected chi connectivity index (χ1v) is 4.16. The number of rotatable bonds is 4. The highest BCUT2D eigenvalue weighted by Crippen LogP contribution is 2.36. The minimum atomic E-state index is 0.977. The highest BCUT2D eigenvalue weighted by atomic mass is 14.9. The largest absolute Gasteiger partial charge is 0.313 e. The maximum atomic E-state index is 3.39. The van der Waals surface area contributed by atoms with Gasteiger partial charge in [-0.2, -0.15) is 0 Å². The van der Waals surface area contributed by atoms with Crippen LogP contribution < -0.4 is 5.32 Å². The molecule has 10 heavy (non-hydrogen) atoms. The molecule has 0 aromatic heterocycles. The topological polar surface area (TPSA) is 12.0 Å². The van der Waals surface area contributed by atoms with Crippen LogP contribution in [0.25, 0.3) is 0 Å². The van der Waals surface area contributed by atoms with E-state index >= 15 is 0 Å². The Morgan fingerprint density at radius 3 is 2.80 bits per heavy atom. The minimum absolute atomic E-state index is 0.977. The second kappa shape index (κ2) is 3.77. The first-order valence-electron chi connectivity index (χ1n) is 4.16. The lowest BCUT2D eigenvalue weighted by Gasteiger charge is -1.97. The summed E-state index contributed by atoms with van der Waals surface area (Å²) in [6.07, 6.45) is 5.68. The Hall–Kier alpha value is -0.300. The summed E-state index contributed by atoms with van der Waals surface area (Å²) < 4.78 is 0. The Morgan fingerprint density at radius 1 is 1.60 bits per heavy atom. The monoisotopic (exact) mass is 139 g/mol. The van der Waals surface area contributed by atoms with Gasteiger partial charge < -0.3 is 5.32 Å². The zero-order valence-electron chi connectivity index (χ0n) is 6.93. The van der Waals surface area contributed by atoms with E-state index < -0.39 is 0 Å². The summed E-state index contributed by atoms with van der Waals surface area (Å²) in [5.74, 6) is 1.96. The molecule has 1 fully saturated rings. The van der Waals surface area contributed by atoms with Crippen LogP contribution in [0, 0.1) is 11.8 Å². The summed E-state index contributed by atoms with van der Waals surface area (Å²) in [4.78, 5) is 0. The van der Waals surface area contributed by atoms with Crippen LogP contribution >= 0.6 is 0 Å². The predicted molar refractivity (Wildman–Crippen MR) is 45.0 cm³/mol. The van der Waals surface area contributed by atoms with Gasteiger partial charge >= 0.3 is 0 Å². The fourth-order valence-corrected chi connectivity index (χ4v) is 1.15. The molecular weight excluding hydrogens is 122 g/mol. The number of hydrogen-bond donors (Lipinski definition) is 1. The molecule has 0 saturated heterocycles. The second-order valence-electron chi connectivity index (χ2n) is 3.20. The van der Waals surface area contributed by atoms with Crippen LogP contribution in [-0.4, -0.2) is 13.1 Å². The SMILES string of the molecule is C/C=C/CNCC1CC1C. The highest BCUT2D eigenvalue weighted by molar-refractivity contribution is 4.86. The van der Waals surface area contributed by atoms with Crippen LogP contribution in [0.5, 0.6) is 0 Å². The van der Waals surface area contributed by atoms with Gasteiger partial charge in [0.15, 0.2) is 0 Å². The molecule has 0 heterocycles. The Bertz CT molecular complexity index is 118. The van der Waals surface area contributed by atoms with Crippen molar-refractivity contribution in [2.24, 2.45) is 11.8 Å². The quantitative estimate of drug-likeness (QED) is 0.462. The average Bonchev–Trinajstić information content (AvgIpc) is 2.60. The van der Waals surface area contributed by atoms with Gasteiger partial charge in [0.2, 0.25) is 0 Å². The molecule has 0 aromatic carbocycles. The standard InChI is InChI=1S/C9H17N/c1-3-4-5-10-7-9-6-8(9)2/h3-4,8-10H,5-7H2,1-2H3/b4-3+. The van der Waals surface area contributed by atoms with Crippen LogP contribution in [0.4, 0.5) is 0 Å². The van der Waals surface area contributed by atoms with Crippen molar-refractivity contribution in [2.75, 3.05) is 13.1 Å². The Kier molecular flexibility index (Phi) is 2.94. The van der Waals surface area contributed by atoms with E-state index in [4.69, 9.17) is 0 Å². The summed E-state index contributed by atoms with van der Waals surface area (Å²) in [5, 5.41) is 3.39. The maximum absolute atomic E-state index is 3.39. The van der Waals surface area contributed by atoms with Crippen molar-refractivity contribution in [3.8, 4) is 0 Å². The smallest absolute Gasteiger partial charge is 0.0134 e. The van der Waals surface area contributed by atoms with Crippen molar-refractivity contribution < 1.29 is 0 Å². The maximum Gasteiger partial charge on any atom is 0.0134 e. The molecule has 1 aliphatic rings. The first kappa shape index (κ1) is 7.80. The van der Waals surface area contributed by atoms with Gasteiger partial charge in [0.05, 0.1) is 0 Å². The van der Waals surface area contributed by atoms with Crippen LogP contribution in [0.3, 0.4) is 0 Å². The van der Waals surface area contributed by atoms with E-state index in [2.05, 4.69) is 31.3 Å². The number of allylic oxidation sites excluding steroid dienone is 1. The van der Waals surface area contributed by atoms with Gasteiger partial charge in [-0.3, -0.25) is 0 Å². The van der Waals surface area contributed by atoms with E-state index in [1.807, 2.05) is 0 Å². The minimum Gasteiger partial charge on any atom is -0.313 e. The van der Waals surface area contributed by atoms with Crippen molar-refractivity contribution >= 4 is 0 Å². The molecule has 1 nitrogen and oxygen atoms in total. The predicted octanol–water partition coefficient (Wildman–Crippen LogP) is 1.81. The zero-order chi connectivity index (χ0) is 7.40.